The summed E-state index contributed by atoms with van der Waals surface area (Å²) >= 11 is 0. The average molecular weight is 299 g/mol. The van der Waals surface area contributed by atoms with Crippen molar-refractivity contribution in [3.63, 3.8) is 0 Å². The molecule has 0 spiro atoms. The van der Waals surface area contributed by atoms with E-state index < -0.39 is 11.8 Å². The Balaban J connectivity index is 2.04. The number of ether oxygens (including phenoxy) is 1. The van der Waals surface area contributed by atoms with Crippen molar-refractivity contribution < 1.29 is 14.3 Å². The van der Waals surface area contributed by atoms with Crippen molar-refractivity contribution in [1.82, 2.24) is 4.98 Å². The zero-order valence-electron chi connectivity index (χ0n) is 12.4. The molecule has 2 N–H and O–H groups in total. The Labute approximate surface area is 128 Å². The number of rotatable bonds is 4. The van der Waals surface area contributed by atoms with Crippen LogP contribution in [-0.2, 0) is 9.59 Å². The monoisotopic (exact) mass is 299 g/mol. The highest BCUT2D eigenvalue weighted by atomic mass is 16.5. The third-order valence-corrected chi connectivity index (χ3v) is 2.80. The van der Waals surface area contributed by atoms with E-state index in [1.54, 1.807) is 42.6 Å². The molecule has 0 atom stereocenters. The van der Waals surface area contributed by atoms with Crippen LogP contribution in [0.15, 0.2) is 42.6 Å². The number of aryl methyl sites for hydroxylation is 1. The fraction of sp³-hybridized carbons (Fsp3) is 0.188. The molecule has 2 amide bonds. The van der Waals surface area contributed by atoms with Crippen LogP contribution in [0.1, 0.15) is 12.5 Å². The van der Waals surface area contributed by atoms with Crippen molar-refractivity contribution in [2.45, 2.75) is 13.8 Å². The molecule has 22 heavy (non-hydrogen) atoms. The summed E-state index contributed by atoms with van der Waals surface area (Å²) < 4.78 is 5.39. The normalized spacial score (nSPS) is 9.91. The van der Waals surface area contributed by atoms with Crippen LogP contribution in [0.4, 0.5) is 11.5 Å². The molecule has 6 nitrogen and oxygen atoms in total. The summed E-state index contributed by atoms with van der Waals surface area (Å²) in [6, 6.07) is 10.4. The fourth-order valence-electron chi connectivity index (χ4n) is 1.81. The van der Waals surface area contributed by atoms with Crippen LogP contribution >= 0.6 is 0 Å². The van der Waals surface area contributed by atoms with Gasteiger partial charge in [-0.2, -0.15) is 0 Å². The summed E-state index contributed by atoms with van der Waals surface area (Å²) in [6.07, 6.45) is 1.56. The second-order valence-electron chi connectivity index (χ2n) is 4.56. The van der Waals surface area contributed by atoms with Gasteiger partial charge in [-0.25, -0.2) is 4.98 Å². The van der Waals surface area contributed by atoms with Gasteiger partial charge in [-0.3, -0.25) is 9.59 Å². The number of benzene rings is 1. The van der Waals surface area contributed by atoms with Gasteiger partial charge >= 0.3 is 11.8 Å². The van der Waals surface area contributed by atoms with Crippen molar-refractivity contribution in [2.75, 3.05) is 17.2 Å². The summed E-state index contributed by atoms with van der Waals surface area (Å²) in [6.45, 7) is 4.18. The number of carbonyl (C=O) groups is 2. The van der Waals surface area contributed by atoms with Crippen molar-refractivity contribution in [3.8, 4) is 5.75 Å². The first-order valence-electron chi connectivity index (χ1n) is 6.87. The minimum Gasteiger partial charge on any atom is -0.492 e. The summed E-state index contributed by atoms with van der Waals surface area (Å²) in [5.41, 5.74) is 1.38. The number of nitrogens with one attached hydrogen (secondary N) is 2. The Morgan fingerprint density at radius 1 is 1.14 bits per heavy atom. The number of hydrogen-bond acceptors (Lipinski definition) is 4. The molecule has 0 radical (unpaired) electrons. The zero-order chi connectivity index (χ0) is 15.9. The molecule has 0 unspecified atom stereocenters. The van der Waals surface area contributed by atoms with Crippen molar-refractivity contribution >= 4 is 23.3 Å². The van der Waals surface area contributed by atoms with Gasteiger partial charge in [-0.05, 0) is 43.7 Å². The van der Waals surface area contributed by atoms with Crippen LogP contribution in [0.5, 0.6) is 5.75 Å². The third-order valence-electron chi connectivity index (χ3n) is 2.80. The van der Waals surface area contributed by atoms with Gasteiger partial charge in [-0.1, -0.05) is 12.1 Å². The quantitative estimate of drug-likeness (QED) is 0.849. The van der Waals surface area contributed by atoms with Crippen LogP contribution in [0.25, 0.3) is 0 Å². The summed E-state index contributed by atoms with van der Waals surface area (Å²) in [5, 5.41) is 4.98. The van der Waals surface area contributed by atoms with Crippen molar-refractivity contribution in [2.24, 2.45) is 0 Å². The zero-order valence-corrected chi connectivity index (χ0v) is 12.4. The van der Waals surface area contributed by atoms with E-state index in [1.165, 1.54) is 0 Å². The Morgan fingerprint density at radius 3 is 2.59 bits per heavy atom. The fourth-order valence-corrected chi connectivity index (χ4v) is 1.81. The van der Waals surface area contributed by atoms with Gasteiger partial charge in [0.2, 0.25) is 0 Å². The topological polar surface area (TPSA) is 80.3 Å². The van der Waals surface area contributed by atoms with Crippen LogP contribution in [0.3, 0.4) is 0 Å². The van der Waals surface area contributed by atoms with E-state index >= 15 is 0 Å². The standard InChI is InChI=1S/C16H17N3O3/c1-3-22-13-7-5-4-6-12(13)18-15(20)16(21)19-14-10-11(2)8-9-17-14/h4-10H,3H2,1-2H3,(H,18,20)(H,17,19,21). The maximum atomic E-state index is 12.0. The minimum atomic E-state index is -0.788. The van der Waals surface area contributed by atoms with Crippen LogP contribution in [0.2, 0.25) is 0 Å². The van der Waals surface area contributed by atoms with Gasteiger partial charge < -0.3 is 15.4 Å². The molecule has 1 aromatic heterocycles. The van der Waals surface area contributed by atoms with Gasteiger partial charge in [-0.15, -0.1) is 0 Å². The molecule has 6 heteroatoms. The van der Waals surface area contributed by atoms with E-state index in [9.17, 15) is 9.59 Å². The minimum absolute atomic E-state index is 0.332. The summed E-state index contributed by atoms with van der Waals surface area (Å²) in [7, 11) is 0. The first-order chi connectivity index (χ1) is 10.6. The molecule has 0 bridgehead atoms. The molecule has 0 fully saturated rings. The van der Waals surface area contributed by atoms with E-state index in [1.807, 2.05) is 13.8 Å². The smallest absolute Gasteiger partial charge is 0.315 e. The highest BCUT2D eigenvalue weighted by Gasteiger charge is 2.16. The van der Waals surface area contributed by atoms with Crippen LogP contribution in [-0.4, -0.2) is 23.4 Å². The molecule has 1 heterocycles. The average Bonchev–Trinajstić information content (AvgIpc) is 2.49. The van der Waals surface area contributed by atoms with Gasteiger partial charge in [0.05, 0.1) is 12.3 Å². The van der Waals surface area contributed by atoms with Crippen LogP contribution in [0, 0.1) is 6.92 Å². The molecule has 0 aliphatic rings. The Hall–Kier alpha value is -2.89. The van der Waals surface area contributed by atoms with Gasteiger partial charge in [0.1, 0.15) is 11.6 Å². The molecule has 0 saturated heterocycles. The lowest BCUT2D eigenvalue weighted by molar-refractivity contribution is -0.133. The lowest BCUT2D eigenvalue weighted by Gasteiger charge is -2.11. The molecule has 2 rings (SSSR count). The molecule has 0 aliphatic heterocycles. The maximum Gasteiger partial charge on any atom is 0.315 e. The first-order valence-corrected chi connectivity index (χ1v) is 6.87. The number of hydrogen-bond donors (Lipinski definition) is 2. The molecular weight excluding hydrogens is 282 g/mol. The predicted octanol–water partition coefficient (Wildman–Crippen LogP) is 2.37. The SMILES string of the molecule is CCOc1ccccc1NC(=O)C(=O)Nc1cc(C)ccn1. The van der Waals surface area contributed by atoms with Crippen molar-refractivity contribution in [3.05, 3.63) is 48.2 Å². The van der Waals surface area contributed by atoms with E-state index in [-0.39, 0.29) is 0 Å². The highest BCUT2D eigenvalue weighted by molar-refractivity contribution is 6.43. The molecule has 114 valence electrons. The van der Waals surface area contributed by atoms with E-state index in [4.69, 9.17) is 4.74 Å². The molecule has 0 aliphatic carbocycles. The van der Waals surface area contributed by atoms with Crippen LogP contribution < -0.4 is 15.4 Å². The number of carbonyl (C=O) groups excluding carboxylic acids is 2. The number of amides is 2. The number of aromatic nitrogens is 1. The van der Waals surface area contributed by atoms with E-state index in [0.29, 0.717) is 23.9 Å². The second-order valence-corrected chi connectivity index (χ2v) is 4.56. The number of para-hydroxylation sites is 2. The highest BCUT2D eigenvalue weighted by Crippen LogP contribution is 2.23. The van der Waals surface area contributed by atoms with Gasteiger partial charge in [0.15, 0.2) is 0 Å². The molecule has 0 saturated carbocycles. The number of pyridine rings is 1. The van der Waals surface area contributed by atoms with E-state index in [0.717, 1.165) is 5.56 Å². The number of anilines is 2. The lowest BCUT2D eigenvalue weighted by atomic mass is 10.3. The summed E-state index contributed by atoms with van der Waals surface area (Å²) in [5.74, 6) is -0.724. The first kappa shape index (κ1) is 15.5. The Bertz CT molecular complexity index is 686. The van der Waals surface area contributed by atoms with Gasteiger partial charge in [0.25, 0.3) is 0 Å². The maximum absolute atomic E-state index is 12.0. The lowest BCUT2D eigenvalue weighted by Crippen LogP contribution is -2.29. The Morgan fingerprint density at radius 2 is 1.86 bits per heavy atom. The second kappa shape index (κ2) is 7.21. The Kier molecular flexibility index (Phi) is 5.08. The predicted molar refractivity (Wildman–Crippen MR) is 83.8 cm³/mol. The molecule has 1 aromatic carbocycles. The molecular formula is C16H17N3O3. The van der Waals surface area contributed by atoms with Crippen molar-refractivity contribution in [1.29, 1.82) is 0 Å². The van der Waals surface area contributed by atoms with Gasteiger partial charge in [0, 0.05) is 6.20 Å². The molecule has 2 aromatic rings. The largest absolute Gasteiger partial charge is 0.492 e. The third kappa shape index (κ3) is 4.05. The summed E-state index contributed by atoms with van der Waals surface area (Å²) in [4.78, 5) is 27.8. The number of nitrogens with zero attached hydrogens (tertiary/aromatic N) is 1. The van der Waals surface area contributed by atoms with E-state index in [2.05, 4.69) is 15.6 Å².